The molecule has 0 unspecified atom stereocenters. The Morgan fingerprint density at radius 2 is 1.96 bits per heavy atom. The van der Waals surface area contributed by atoms with Crippen LogP contribution in [0.5, 0.6) is 0 Å². The van der Waals surface area contributed by atoms with Gasteiger partial charge in [0.1, 0.15) is 0 Å². The van der Waals surface area contributed by atoms with Gasteiger partial charge in [0.2, 0.25) is 5.91 Å². The van der Waals surface area contributed by atoms with Crippen molar-refractivity contribution in [1.82, 2.24) is 14.8 Å². The van der Waals surface area contributed by atoms with Crippen LogP contribution in [-0.2, 0) is 11.8 Å². The number of rotatable bonds is 5. The number of anilines is 1. The number of aryl methyl sites for hydroxylation is 1. The van der Waals surface area contributed by atoms with E-state index < -0.39 is 0 Å². The molecule has 1 amide bonds. The van der Waals surface area contributed by atoms with Crippen molar-refractivity contribution in [2.24, 2.45) is 7.05 Å². The van der Waals surface area contributed by atoms with Crippen molar-refractivity contribution in [2.45, 2.75) is 12.1 Å². The predicted molar refractivity (Wildman–Crippen MR) is 102 cm³/mol. The summed E-state index contributed by atoms with van der Waals surface area (Å²) in [5.74, 6) is 0.889. The third-order valence-corrected chi connectivity index (χ3v) is 4.84. The Labute approximate surface area is 155 Å². The highest BCUT2D eigenvalue weighted by molar-refractivity contribution is 7.99. The first-order valence-corrected chi connectivity index (χ1v) is 9.04. The number of nitrogens with one attached hydrogen (secondary N) is 1. The summed E-state index contributed by atoms with van der Waals surface area (Å²) in [5.41, 5.74) is 2.83. The molecule has 25 heavy (non-hydrogen) atoms. The van der Waals surface area contributed by atoms with Crippen LogP contribution in [0, 0.1) is 6.92 Å². The molecule has 0 aliphatic rings. The standard InChI is InChI=1S/C18H17ClN4OS/c1-12-6-8-15(9-7-12)20-16(24)11-25-18-22-21-17(23(18)2)13-4-3-5-14(19)10-13/h3-10H,11H2,1-2H3,(H,20,24). The maximum absolute atomic E-state index is 12.1. The molecular formula is C18H17ClN4OS. The summed E-state index contributed by atoms with van der Waals surface area (Å²) in [6.45, 7) is 2.01. The van der Waals surface area contributed by atoms with Gasteiger partial charge in [0, 0.05) is 23.3 Å². The fourth-order valence-electron chi connectivity index (χ4n) is 2.28. The van der Waals surface area contributed by atoms with E-state index >= 15 is 0 Å². The minimum Gasteiger partial charge on any atom is -0.325 e. The lowest BCUT2D eigenvalue weighted by Gasteiger charge is -2.06. The summed E-state index contributed by atoms with van der Waals surface area (Å²) in [6, 6.07) is 15.1. The minimum absolute atomic E-state index is 0.0823. The van der Waals surface area contributed by atoms with E-state index in [1.165, 1.54) is 11.8 Å². The molecule has 1 aromatic heterocycles. The lowest BCUT2D eigenvalue weighted by atomic mass is 10.2. The van der Waals surface area contributed by atoms with Gasteiger partial charge in [0.25, 0.3) is 0 Å². The molecule has 1 heterocycles. The monoisotopic (exact) mass is 372 g/mol. The van der Waals surface area contributed by atoms with E-state index in [9.17, 15) is 4.79 Å². The van der Waals surface area contributed by atoms with E-state index in [0.29, 0.717) is 16.0 Å². The van der Waals surface area contributed by atoms with E-state index in [1.807, 2.05) is 67.1 Å². The van der Waals surface area contributed by atoms with Crippen molar-refractivity contribution >= 4 is 35.0 Å². The zero-order chi connectivity index (χ0) is 17.8. The van der Waals surface area contributed by atoms with Gasteiger partial charge >= 0.3 is 0 Å². The number of carbonyl (C=O) groups is 1. The van der Waals surface area contributed by atoms with Crippen LogP contribution < -0.4 is 5.32 Å². The molecule has 5 nitrogen and oxygen atoms in total. The molecular weight excluding hydrogens is 356 g/mol. The Hall–Kier alpha value is -2.31. The van der Waals surface area contributed by atoms with Crippen LogP contribution in [0.25, 0.3) is 11.4 Å². The topological polar surface area (TPSA) is 59.8 Å². The third kappa shape index (κ3) is 4.41. The fourth-order valence-corrected chi connectivity index (χ4v) is 3.18. The molecule has 0 atom stereocenters. The second kappa shape index (κ2) is 7.72. The predicted octanol–water partition coefficient (Wildman–Crippen LogP) is 4.17. The summed E-state index contributed by atoms with van der Waals surface area (Å²) in [6.07, 6.45) is 0. The summed E-state index contributed by atoms with van der Waals surface area (Å²) < 4.78 is 1.86. The van der Waals surface area contributed by atoms with E-state index in [1.54, 1.807) is 0 Å². The number of amides is 1. The van der Waals surface area contributed by atoms with Gasteiger partial charge < -0.3 is 9.88 Å². The van der Waals surface area contributed by atoms with Crippen LogP contribution in [-0.4, -0.2) is 26.4 Å². The van der Waals surface area contributed by atoms with Gasteiger partial charge in [-0.1, -0.05) is 53.2 Å². The Kier molecular flexibility index (Phi) is 5.40. The van der Waals surface area contributed by atoms with Gasteiger partial charge in [-0.05, 0) is 31.2 Å². The van der Waals surface area contributed by atoms with Gasteiger partial charge in [-0.15, -0.1) is 10.2 Å². The third-order valence-electron chi connectivity index (χ3n) is 3.59. The number of carbonyl (C=O) groups excluding carboxylic acids is 1. The Morgan fingerprint density at radius 1 is 1.20 bits per heavy atom. The molecule has 128 valence electrons. The lowest BCUT2D eigenvalue weighted by molar-refractivity contribution is -0.113. The van der Waals surface area contributed by atoms with E-state index in [4.69, 9.17) is 11.6 Å². The molecule has 0 saturated carbocycles. The number of thioether (sulfide) groups is 1. The quantitative estimate of drug-likeness (QED) is 0.683. The smallest absolute Gasteiger partial charge is 0.234 e. The number of halogens is 1. The molecule has 1 N–H and O–H groups in total. The average molecular weight is 373 g/mol. The van der Waals surface area contributed by atoms with Crippen molar-refractivity contribution in [3.63, 3.8) is 0 Å². The summed E-state index contributed by atoms with van der Waals surface area (Å²) in [4.78, 5) is 12.1. The molecule has 0 radical (unpaired) electrons. The van der Waals surface area contributed by atoms with Crippen LogP contribution in [0.1, 0.15) is 5.56 Å². The molecule has 0 fully saturated rings. The number of hydrogen-bond donors (Lipinski definition) is 1. The molecule has 3 rings (SSSR count). The van der Waals surface area contributed by atoms with Gasteiger partial charge in [0.05, 0.1) is 5.75 Å². The van der Waals surface area contributed by atoms with Crippen molar-refractivity contribution in [1.29, 1.82) is 0 Å². The van der Waals surface area contributed by atoms with Gasteiger partial charge in [0.15, 0.2) is 11.0 Å². The Balaban J connectivity index is 1.64. The maximum atomic E-state index is 12.1. The number of benzene rings is 2. The van der Waals surface area contributed by atoms with Crippen LogP contribution in [0.15, 0.2) is 53.7 Å². The Morgan fingerprint density at radius 3 is 2.68 bits per heavy atom. The first kappa shape index (κ1) is 17.5. The van der Waals surface area contributed by atoms with Crippen LogP contribution in [0.3, 0.4) is 0 Å². The summed E-state index contributed by atoms with van der Waals surface area (Å²) in [5, 5.41) is 12.6. The van der Waals surface area contributed by atoms with Crippen molar-refractivity contribution in [2.75, 3.05) is 11.1 Å². The number of hydrogen-bond acceptors (Lipinski definition) is 4. The summed E-state index contributed by atoms with van der Waals surface area (Å²) in [7, 11) is 1.87. The van der Waals surface area contributed by atoms with Crippen LogP contribution >= 0.6 is 23.4 Å². The highest BCUT2D eigenvalue weighted by Crippen LogP contribution is 2.24. The van der Waals surface area contributed by atoms with Gasteiger partial charge in [-0.25, -0.2) is 0 Å². The number of nitrogens with zero attached hydrogens (tertiary/aromatic N) is 3. The van der Waals surface area contributed by atoms with E-state index in [-0.39, 0.29) is 11.7 Å². The second-order valence-corrected chi connectivity index (χ2v) is 6.96. The molecule has 0 spiro atoms. The first-order valence-electron chi connectivity index (χ1n) is 7.67. The van der Waals surface area contributed by atoms with Crippen molar-refractivity contribution in [3.05, 3.63) is 59.1 Å². The largest absolute Gasteiger partial charge is 0.325 e. The first-order chi connectivity index (χ1) is 12.0. The molecule has 3 aromatic rings. The highest BCUT2D eigenvalue weighted by Gasteiger charge is 2.13. The number of aromatic nitrogens is 3. The van der Waals surface area contributed by atoms with Gasteiger partial charge in [-0.3, -0.25) is 4.79 Å². The van der Waals surface area contributed by atoms with Crippen LogP contribution in [0.2, 0.25) is 5.02 Å². The zero-order valence-corrected chi connectivity index (χ0v) is 15.4. The normalized spacial score (nSPS) is 10.7. The SMILES string of the molecule is Cc1ccc(NC(=O)CSc2nnc(-c3cccc(Cl)c3)n2C)cc1. The Bertz CT molecular complexity index is 892. The minimum atomic E-state index is -0.0823. The fraction of sp³-hybridized carbons (Fsp3) is 0.167. The van der Waals surface area contributed by atoms with E-state index in [2.05, 4.69) is 15.5 Å². The summed E-state index contributed by atoms with van der Waals surface area (Å²) >= 11 is 7.37. The lowest BCUT2D eigenvalue weighted by Crippen LogP contribution is -2.14. The molecule has 0 saturated heterocycles. The second-order valence-electron chi connectivity index (χ2n) is 5.58. The molecule has 0 aliphatic carbocycles. The maximum Gasteiger partial charge on any atom is 0.234 e. The van der Waals surface area contributed by atoms with E-state index in [0.717, 1.165) is 16.8 Å². The van der Waals surface area contributed by atoms with Crippen molar-refractivity contribution < 1.29 is 4.79 Å². The molecule has 0 aliphatic heterocycles. The zero-order valence-electron chi connectivity index (χ0n) is 13.9. The van der Waals surface area contributed by atoms with Crippen LogP contribution in [0.4, 0.5) is 5.69 Å². The van der Waals surface area contributed by atoms with Gasteiger partial charge in [-0.2, -0.15) is 0 Å². The average Bonchev–Trinajstić information content (AvgIpc) is 2.96. The molecule has 0 bridgehead atoms. The highest BCUT2D eigenvalue weighted by atomic mass is 35.5. The van der Waals surface area contributed by atoms with Crippen molar-refractivity contribution in [3.8, 4) is 11.4 Å². The molecule has 2 aromatic carbocycles. The molecule has 7 heteroatoms.